The highest BCUT2D eigenvalue weighted by Gasteiger charge is 2.11. The Morgan fingerprint density at radius 3 is 2.21 bits per heavy atom. The largest absolute Gasteiger partial charge is 0.464 e. The molecule has 0 aliphatic rings. The molecule has 0 bridgehead atoms. The normalized spacial score (nSPS) is 10.5. The zero-order valence-electron chi connectivity index (χ0n) is 13.3. The lowest BCUT2D eigenvalue weighted by molar-refractivity contribution is 0.195. The van der Waals surface area contributed by atoms with Gasteiger partial charge in [-0.15, -0.1) is 0 Å². The summed E-state index contributed by atoms with van der Waals surface area (Å²) in [6, 6.07) is 19.9. The lowest BCUT2D eigenvalue weighted by Gasteiger charge is -2.09. The molecule has 0 fully saturated rings. The van der Waals surface area contributed by atoms with Gasteiger partial charge in [-0.3, -0.25) is 4.79 Å². The summed E-state index contributed by atoms with van der Waals surface area (Å²) in [5.41, 5.74) is 4.00. The fourth-order valence-electron chi connectivity index (χ4n) is 2.73. The fourth-order valence-corrected chi connectivity index (χ4v) is 2.73. The van der Waals surface area contributed by atoms with Gasteiger partial charge in [0.15, 0.2) is 0 Å². The second-order valence-electron chi connectivity index (χ2n) is 5.67. The van der Waals surface area contributed by atoms with Crippen molar-refractivity contribution < 1.29 is 9.90 Å². The van der Waals surface area contributed by atoms with E-state index in [0.29, 0.717) is 10.1 Å². The first-order valence-electron chi connectivity index (χ1n) is 7.65. The van der Waals surface area contributed by atoms with Crippen molar-refractivity contribution in [1.29, 1.82) is 0 Å². The quantitative estimate of drug-likeness (QED) is 0.795. The average Bonchev–Trinajstić information content (AvgIpc) is 2.59. The van der Waals surface area contributed by atoms with E-state index in [0.717, 1.165) is 17.5 Å². The smallest absolute Gasteiger partial charge is 0.418 e. The molecule has 1 aromatic heterocycles. The number of aromatic nitrogens is 1. The Hall–Kier alpha value is -3.14. The predicted molar refractivity (Wildman–Crippen MR) is 93.5 cm³/mol. The number of nitrogens with zero attached hydrogens (tertiary/aromatic N) is 1. The molecule has 0 radical (unpaired) electrons. The van der Waals surface area contributed by atoms with Crippen LogP contribution in [0.25, 0.3) is 11.1 Å². The monoisotopic (exact) mass is 319 g/mol. The van der Waals surface area contributed by atoms with E-state index in [1.807, 2.05) is 42.5 Å². The lowest BCUT2D eigenvalue weighted by Crippen LogP contribution is -2.27. The molecule has 1 N–H and O–H groups in total. The third-order valence-electron chi connectivity index (χ3n) is 4.06. The number of carbonyl (C=O) groups is 1. The molecule has 0 atom stereocenters. The molecule has 0 saturated carbocycles. The molecule has 4 heteroatoms. The van der Waals surface area contributed by atoms with Gasteiger partial charge in [0, 0.05) is 11.8 Å². The van der Waals surface area contributed by atoms with Gasteiger partial charge < -0.3 is 5.11 Å². The summed E-state index contributed by atoms with van der Waals surface area (Å²) >= 11 is 0. The molecule has 0 spiro atoms. The van der Waals surface area contributed by atoms with Gasteiger partial charge in [0.2, 0.25) is 0 Å². The van der Waals surface area contributed by atoms with Crippen molar-refractivity contribution in [3.63, 3.8) is 0 Å². The van der Waals surface area contributed by atoms with Crippen LogP contribution in [0.15, 0.2) is 71.7 Å². The van der Waals surface area contributed by atoms with E-state index >= 15 is 0 Å². The van der Waals surface area contributed by atoms with Crippen molar-refractivity contribution in [3.05, 3.63) is 93.9 Å². The van der Waals surface area contributed by atoms with Gasteiger partial charge in [0.05, 0.1) is 0 Å². The van der Waals surface area contributed by atoms with Crippen molar-refractivity contribution in [2.45, 2.75) is 13.3 Å². The lowest BCUT2D eigenvalue weighted by atomic mass is 9.98. The highest BCUT2D eigenvalue weighted by molar-refractivity contribution is 5.72. The molecule has 120 valence electrons. The first-order chi connectivity index (χ1) is 11.6. The van der Waals surface area contributed by atoms with Crippen LogP contribution in [0, 0.1) is 6.92 Å². The first kappa shape index (κ1) is 15.7. The van der Waals surface area contributed by atoms with E-state index in [9.17, 15) is 9.59 Å². The van der Waals surface area contributed by atoms with Gasteiger partial charge in [-0.2, -0.15) is 0 Å². The predicted octanol–water partition coefficient (Wildman–Crippen LogP) is 3.94. The standard InChI is InChI=1S/C20H17NO3/c1-14-18(11-12-21(19(14)22)20(23)24)17-9-7-16(8-10-17)13-15-5-3-2-4-6-15/h2-12H,13H2,1H3,(H,23,24). The fraction of sp³-hybridized carbons (Fsp3) is 0.100. The summed E-state index contributed by atoms with van der Waals surface area (Å²) in [6.07, 6.45) is 0.874. The average molecular weight is 319 g/mol. The molecule has 0 aliphatic carbocycles. The Morgan fingerprint density at radius 1 is 0.958 bits per heavy atom. The van der Waals surface area contributed by atoms with Gasteiger partial charge in [-0.05, 0) is 41.7 Å². The summed E-state index contributed by atoms with van der Waals surface area (Å²) in [6.45, 7) is 1.65. The van der Waals surface area contributed by atoms with Crippen molar-refractivity contribution >= 4 is 6.09 Å². The molecule has 0 saturated heterocycles. The van der Waals surface area contributed by atoms with Crippen LogP contribution in [0.1, 0.15) is 16.7 Å². The molecule has 4 nitrogen and oxygen atoms in total. The highest BCUT2D eigenvalue weighted by atomic mass is 16.4. The van der Waals surface area contributed by atoms with Gasteiger partial charge in [0.25, 0.3) is 5.56 Å². The summed E-state index contributed by atoms with van der Waals surface area (Å²) < 4.78 is 0.697. The second-order valence-corrected chi connectivity index (χ2v) is 5.67. The van der Waals surface area contributed by atoms with E-state index in [-0.39, 0.29) is 0 Å². The summed E-state index contributed by atoms with van der Waals surface area (Å²) in [7, 11) is 0. The number of benzene rings is 2. The maximum Gasteiger partial charge on any atom is 0.418 e. The van der Waals surface area contributed by atoms with E-state index in [4.69, 9.17) is 5.11 Å². The Morgan fingerprint density at radius 2 is 1.58 bits per heavy atom. The van der Waals surface area contributed by atoms with Gasteiger partial charge in [-0.1, -0.05) is 54.6 Å². The second kappa shape index (κ2) is 6.54. The summed E-state index contributed by atoms with van der Waals surface area (Å²) in [5, 5.41) is 8.99. The molecule has 1 heterocycles. The van der Waals surface area contributed by atoms with Gasteiger partial charge in [0.1, 0.15) is 0 Å². The topological polar surface area (TPSA) is 59.3 Å². The van der Waals surface area contributed by atoms with E-state index in [1.165, 1.54) is 17.3 Å². The Kier molecular flexibility index (Phi) is 4.29. The molecule has 0 aliphatic heterocycles. The van der Waals surface area contributed by atoms with Crippen molar-refractivity contribution in [2.75, 3.05) is 0 Å². The van der Waals surface area contributed by atoms with E-state index in [1.54, 1.807) is 13.0 Å². The number of rotatable bonds is 3. The minimum absolute atomic E-state index is 0.427. The van der Waals surface area contributed by atoms with Gasteiger partial charge in [-0.25, -0.2) is 9.36 Å². The van der Waals surface area contributed by atoms with Crippen LogP contribution in [0.2, 0.25) is 0 Å². The SMILES string of the molecule is Cc1c(-c2ccc(Cc3ccccc3)cc2)ccn(C(=O)O)c1=O. The third-order valence-corrected chi connectivity index (χ3v) is 4.06. The van der Waals surface area contributed by atoms with E-state index < -0.39 is 11.7 Å². The number of hydrogen-bond donors (Lipinski definition) is 1. The highest BCUT2D eigenvalue weighted by Crippen LogP contribution is 2.22. The van der Waals surface area contributed by atoms with Crippen LogP contribution < -0.4 is 5.56 Å². The molecule has 0 amide bonds. The Bertz CT molecular complexity index is 925. The van der Waals surface area contributed by atoms with Crippen LogP contribution in [0.5, 0.6) is 0 Å². The van der Waals surface area contributed by atoms with Crippen LogP contribution >= 0.6 is 0 Å². The third kappa shape index (κ3) is 3.13. The Labute approximate surface area is 139 Å². The number of carboxylic acid groups (broad SMARTS) is 1. The summed E-state index contributed by atoms with van der Waals surface area (Å²) in [4.78, 5) is 23.1. The van der Waals surface area contributed by atoms with Crippen molar-refractivity contribution in [2.24, 2.45) is 0 Å². The molecular formula is C20H17NO3. The minimum atomic E-state index is -1.27. The molecule has 24 heavy (non-hydrogen) atoms. The van der Waals surface area contributed by atoms with Gasteiger partial charge >= 0.3 is 6.09 Å². The van der Waals surface area contributed by atoms with Crippen LogP contribution in [0.3, 0.4) is 0 Å². The van der Waals surface area contributed by atoms with E-state index in [2.05, 4.69) is 12.1 Å². The number of hydrogen-bond acceptors (Lipinski definition) is 2. The minimum Gasteiger partial charge on any atom is -0.464 e. The Balaban J connectivity index is 1.90. The molecule has 0 unspecified atom stereocenters. The number of pyridine rings is 1. The molecule has 3 rings (SSSR count). The maximum absolute atomic E-state index is 12.1. The van der Waals surface area contributed by atoms with Crippen molar-refractivity contribution in [1.82, 2.24) is 4.57 Å². The maximum atomic E-state index is 12.1. The molecular weight excluding hydrogens is 302 g/mol. The zero-order chi connectivity index (χ0) is 17.1. The molecule has 3 aromatic rings. The molecule has 2 aromatic carbocycles. The van der Waals surface area contributed by atoms with Crippen LogP contribution in [-0.2, 0) is 6.42 Å². The van der Waals surface area contributed by atoms with Crippen LogP contribution in [-0.4, -0.2) is 15.8 Å². The first-order valence-corrected chi connectivity index (χ1v) is 7.65. The zero-order valence-corrected chi connectivity index (χ0v) is 13.3. The van der Waals surface area contributed by atoms with Crippen molar-refractivity contribution in [3.8, 4) is 11.1 Å². The van der Waals surface area contributed by atoms with Crippen LogP contribution in [0.4, 0.5) is 4.79 Å². The summed E-state index contributed by atoms with van der Waals surface area (Å²) in [5.74, 6) is 0.